The molecule has 6 N–H and O–H groups in total. The predicted octanol–water partition coefficient (Wildman–Crippen LogP) is 2.01. The number of phenols is 1. The number of rotatable bonds is 3. The Labute approximate surface area is 134 Å². The van der Waals surface area contributed by atoms with E-state index < -0.39 is 11.7 Å². The van der Waals surface area contributed by atoms with Crippen LogP contribution in [0.25, 0.3) is 10.8 Å². The van der Waals surface area contributed by atoms with Crippen molar-refractivity contribution in [3.8, 4) is 5.75 Å². The van der Waals surface area contributed by atoms with Crippen LogP contribution in [0.2, 0.25) is 0 Å². The third-order valence-corrected chi connectivity index (χ3v) is 3.12. The van der Waals surface area contributed by atoms with Gasteiger partial charge in [-0.3, -0.25) is 0 Å². The molecule has 0 atom stereocenters. The van der Waals surface area contributed by atoms with Gasteiger partial charge >= 0.3 is 5.97 Å². The molecular weight excluding hydrogens is 314 g/mol. The van der Waals surface area contributed by atoms with Crippen molar-refractivity contribution < 1.29 is 15.0 Å². The van der Waals surface area contributed by atoms with Gasteiger partial charge in [0.25, 0.3) is 5.95 Å². The van der Waals surface area contributed by atoms with Gasteiger partial charge in [-0.2, -0.15) is 15.0 Å². The second kappa shape index (κ2) is 5.76. The lowest BCUT2D eigenvalue weighted by Gasteiger charge is -2.07. The second-order valence-electron chi connectivity index (χ2n) is 4.70. The quantitative estimate of drug-likeness (QED) is 0.529. The monoisotopic (exact) mass is 325 g/mol. The van der Waals surface area contributed by atoms with Crippen molar-refractivity contribution in [2.45, 2.75) is 0 Å². The predicted molar refractivity (Wildman–Crippen MR) is 85.4 cm³/mol. The summed E-state index contributed by atoms with van der Waals surface area (Å²) in [4.78, 5) is 22.5. The number of aromatic hydroxyl groups is 1. The molecule has 0 spiro atoms. The van der Waals surface area contributed by atoms with Crippen LogP contribution in [0.5, 0.6) is 5.75 Å². The number of carboxylic acids is 1. The molecule has 0 saturated heterocycles. The normalized spacial score (nSPS) is 11.2. The van der Waals surface area contributed by atoms with E-state index in [0.717, 1.165) is 0 Å². The number of nitrogens with two attached hydrogens (primary N) is 2. The van der Waals surface area contributed by atoms with E-state index in [9.17, 15) is 15.0 Å². The first-order chi connectivity index (χ1) is 11.5. The highest BCUT2D eigenvalue weighted by atomic mass is 16.4. The Morgan fingerprint density at radius 3 is 2.38 bits per heavy atom. The first-order valence-electron chi connectivity index (χ1n) is 6.62. The van der Waals surface area contributed by atoms with Crippen molar-refractivity contribution in [2.24, 2.45) is 10.2 Å². The highest BCUT2D eigenvalue weighted by Crippen LogP contribution is 2.37. The summed E-state index contributed by atoms with van der Waals surface area (Å²) in [6, 6.07) is 8.19. The molecule has 2 aromatic carbocycles. The molecule has 1 aromatic heterocycles. The zero-order chi connectivity index (χ0) is 17.3. The summed E-state index contributed by atoms with van der Waals surface area (Å²) in [6.07, 6.45) is 0. The van der Waals surface area contributed by atoms with Gasteiger partial charge < -0.3 is 21.7 Å². The third kappa shape index (κ3) is 2.75. The summed E-state index contributed by atoms with van der Waals surface area (Å²) in [5, 5.41) is 28.0. The largest absolute Gasteiger partial charge is 0.505 e. The molecule has 120 valence electrons. The molecule has 10 heteroatoms. The van der Waals surface area contributed by atoms with Gasteiger partial charge in [0.15, 0.2) is 5.75 Å². The number of fused-ring (bicyclic) bond motifs is 1. The van der Waals surface area contributed by atoms with Gasteiger partial charge in [-0.05, 0) is 11.5 Å². The number of carboxylic acid groups (broad SMARTS) is 1. The Kier molecular flexibility index (Phi) is 3.62. The zero-order valence-corrected chi connectivity index (χ0v) is 12.1. The van der Waals surface area contributed by atoms with E-state index in [2.05, 4.69) is 25.2 Å². The number of hydrogen-bond acceptors (Lipinski definition) is 9. The molecular formula is C14H11N7O3. The first-order valence-corrected chi connectivity index (χ1v) is 6.62. The molecule has 0 aliphatic heterocycles. The highest BCUT2D eigenvalue weighted by Gasteiger charge is 2.18. The first kappa shape index (κ1) is 15.1. The average Bonchev–Trinajstić information content (AvgIpc) is 2.51. The number of carbonyl (C=O) groups is 1. The van der Waals surface area contributed by atoms with E-state index in [-0.39, 0.29) is 29.1 Å². The van der Waals surface area contributed by atoms with Crippen molar-refractivity contribution in [2.75, 3.05) is 11.5 Å². The molecule has 0 bridgehead atoms. The second-order valence-corrected chi connectivity index (χ2v) is 4.70. The average molecular weight is 325 g/mol. The summed E-state index contributed by atoms with van der Waals surface area (Å²) < 4.78 is 0. The molecule has 1 heterocycles. The minimum Gasteiger partial charge on any atom is -0.505 e. The summed E-state index contributed by atoms with van der Waals surface area (Å²) >= 11 is 0. The Morgan fingerprint density at radius 2 is 1.71 bits per heavy atom. The van der Waals surface area contributed by atoms with Gasteiger partial charge in [-0.15, -0.1) is 10.2 Å². The Bertz CT molecular complexity index is 967. The van der Waals surface area contributed by atoms with Gasteiger partial charge in [0.2, 0.25) is 11.9 Å². The van der Waals surface area contributed by atoms with Crippen LogP contribution in [0.3, 0.4) is 0 Å². The van der Waals surface area contributed by atoms with Crippen LogP contribution >= 0.6 is 0 Å². The SMILES string of the molecule is Nc1nc(N)nc(N=Nc2cc3ccccc3c(C(=O)O)c2O)n1. The van der Waals surface area contributed by atoms with Crippen LogP contribution < -0.4 is 11.5 Å². The van der Waals surface area contributed by atoms with Gasteiger partial charge in [0.05, 0.1) is 0 Å². The summed E-state index contributed by atoms with van der Waals surface area (Å²) in [5.41, 5.74) is 10.5. The van der Waals surface area contributed by atoms with Crippen molar-refractivity contribution in [3.05, 3.63) is 35.9 Å². The van der Waals surface area contributed by atoms with Crippen molar-refractivity contribution in [3.63, 3.8) is 0 Å². The minimum absolute atomic E-state index is 0.0522. The molecule has 3 rings (SSSR count). The Balaban J connectivity index is 2.14. The number of azo groups is 1. The molecule has 0 aliphatic rings. The third-order valence-electron chi connectivity index (χ3n) is 3.12. The van der Waals surface area contributed by atoms with Gasteiger partial charge in [0, 0.05) is 5.39 Å². The number of nitrogens with zero attached hydrogens (tertiary/aromatic N) is 5. The maximum Gasteiger partial charge on any atom is 0.340 e. The van der Waals surface area contributed by atoms with E-state index in [1.807, 2.05) is 0 Å². The van der Waals surface area contributed by atoms with Crippen LogP contribution in [0.1, 0.15) is 10.4 Å². The number of benzene rings is 2. The van der Waals surface area contributed by atoms with Gasteiger partial charge in [0.1, 0.15) is 11.3 Å². The van der Waals surface area contributed by atoms with Crippen LogP contribution in [-0.4, -0.2) is 31.1 Å². The van der Waals surface area contributed by atoms with Crippen molar-refractivity contribution in [1.29, 1.82) is 0 Å². The van der Waals surface area contributed by atoms with E-state index in [4.69, 9.17) is 11.5 Å². The summed E-state index contributed by atoms with van der Waals surface area (Å²) in [5.74, 6) is -2.23. The summed E-state index contributed by atoms with van der Waals surface area (Å²) in [6.45, 7) is 0. The fourth-order valence-corrected chi connectivity index (χ4v) is 2.16. The number of nitrogen functional groups attached to an aromatic ring is 2. The molecule has 0 radical (unpaired) electrons. The lowest BCUT2D eigenvalue weighted by Crippen LogP contribution is -2.01. The smallest absolute Gasteiger partial charge is 0.340 e. The van der Waals surface area contributed by atoms with E-state index >= 15 is 0 Å². The summed E-state index contributed by atoms with van der Waals surface area (Å²) in [7, 11) is 0. The molecule has 0 aliphatic carbocycles. The molecule has 0 saturated carbocycles. The molecule has 0 unspecified atom stereocenters. The van der Waals surface area contributed by atoms with Crippen LogP contribution in [-0.2, 0) is 0 Å². The molecule has 24 heavy (non-hydrogen) atoms. The van der Waals surface area contributed by atoms with Crippen molar-refractivity contribution in [1.82, 2.24) is 15.0 Å². The fraction of sp³-hybridized carbons (Fsp3) is 0. The van der Waals surface area contributed by atoms with E-state index in [1.165, 1.54) is 6.07 Å². The number of hydrogen-bond donors (Lipinski definition) is 4. The van der Waals surface area contributed by atoms with Gasteiger partial charge in [-0.1, -0.05) is 24.3 Å². The van der Waals surface area contributed by atoms with Crippen LogP contribution in [0.15, 0.2) is 40.6 Å². The van der Waals surface area contributed by atoms with Gasteiger partial charge in [-0.25, -0.2) is 4.79 Å². The van der Waals surface area contributed by atoms with E-state index in [1.54, 1.807) is 24.3 Å². The molecule has 10 nitrogen and oxygen atoms in total. The van der Waals surface area contributed by atoms with E-state index in [0.29, 0.717) is 10.8 Å². The number of aromatic carboxylic acids is 1. The lowest BCUT2D eigenvalue weighted by molar-refractivity contribution is 0.0696. The molecule has 3 aromatic rings. The topological polar surface area (TPSA) is 173 Å². The highest BCUT2D eigenvalue weighted by molar-refractivity contribution is 6.08. The minimum atomic E-state index is -1.28. The maximum absolute atomic E-state index is 11.5. The van der Waals surface area contributed by atoms with Crippen LogP contribution in [0.4, 0.5) is 23.5 Å². The zero-order valence-electron chi connectivity index (χ0n) is 12.1. The fourth-order valence-electron chi connectivity index (χ4n) is 2.16. The lowest BCUT2D eigenvalue weighted by atomic mass is 10.0. The number of anilines is 2. The van der Waals surface area contributed by atoms with Crippen LogP contribution in [0, 0.1) is 0 Å². The van der Waals surface area contributed by atoms with Crippen molar-refractivity contribution >= 4 is 40.3 Å². The number of aromatic nitrogens is 3. The standard InChI is InChI=1S/C14H11N7O3/c15-12-17-13(16)19-14(18-12)21-20-8-5-6-3-1-2-4-7(6)9(10(8)22)11(23)24/h1-5,22H,(H,23,24)(H4,15,16,17,18,19). The molecule has 0 fully saturated rings. The Morgan fingerprint density at radius 1 is 1.04 bits per heavy atom. The Hall–Kier alpha value is -3.82. The maximum atomic E-state index is 11.5. The molecule has 0 amide bonds.